The van der Waals surface area contributed by atoms with Crippen molar-refractivity contribution >= 4 is 23.1 Å². The summed E-state index contributed by atoms with van der Waals surface area (Å²) in [5, 5.41) is 11.1. The van der Waals surface area contributed by atoms with Gasteiger partial charge in [-0.05, 0) is 61.4 Å². The summed E-state index contributed by atoms with van der Waals surface area (Å²) in [6, 6.07) is 18.5. The third-order valence-electron chi connectivity index (χ3n) is 5.52. The van der Waals surface area contributed by atoms with Gasteiger partial charge in [0.1, 0.15) is 17.3 Å². The second-order valence-corrected chi connectivity index (χ2v) is 7.90. The van der Waals surface area contributed by atoms with E-state index in [2.05, 4.69) is 0 Å². The number of rotatable bonds is 6. The Morgan fingerprint density at radius 1 is 1.03 bits per heavy atom. The Morgan fingerprint density at radius 3 is 2.42 bits per heavy atom. The van der Waals surface area contributed by atoms with Gasteiger partial charge in [-0.15, -0.1) is 0 Å². The number of aryl methyl sites for hydroxylation is 1. The maximum atomic E-state index is 14.9. The smallest absolute Gasteiger partial charge is 0.300 e. The molecule has 4 rings (SSSR count). The molecular formula is C27H24FNO4. The van der Waals surface area contributed by atoms with Crippen LogP contribution in [0.1, 0.15) is 36.1 Å². The molecule has 0 radical (unpaired) electrons. The van der Waals surface area contributed by atoms with Gasteiger partial charge in [-0.1, -0.05) is 37.3 Å². The molecule has 1 amide bonds. The summed E-state index contributed by atoms with van der Waals surface area (Å²) in [7, 11) is 0. The van der Waals surface area contributed by atoms with E-state index in [0.29, 0.717) is 23.6 Å². The van der Waals surface area contributed by atoms with Crippen LogP contribution in [0.15, 0.2) is 78.4 Å². The molecule has 1 heterocycles. The molecule has 0 aromatic heterocycles. The first-order valence-corrected chi connectivity index (χ1v) is 10.8. The monoisotopic (exact) mass is 445 g/mol. The van der Waals surface area contributed by atoms with Crippen LogP contribution in [-0.4, -0.2) is 23.4 Å². The highest BCUT2D eigenvalue weighted by molar-refractivity contribution is 6.51. The third-order valence-corrected chi connectivity index (χ3v) is 5.52. The molecule has 0 aliphatic carbocycles. The SMILES string of the molecule is CCCOc1ccc(/C(O)=C2\C(=O)C(=O)N(c3cccc(C)c3)C2c2ccccc2F)cc1. The predicted octanol–water partition coefficient (Wildman–Crippen LogP) is 5.55. The molecule has 0 saturated carbocycles. The first-order valence-electron chi connectivity index (χ1n) is 10.8. The molecule has 5 nitrogen and oxygen atoms in total. The molecule has 1 aliphatic rings. The van der Waals surface area contributed by atoms with Crippen LogP contribution in [0.25, 0.3) is 5.76 Å². The summed E-state index contributed by atoms with van der Waals surface area (Å²) in [6.07, 6.45) is 0.854. The van der Waals surface area contributed by atoms with Crippen LogP contribution in [0.5, 0.6) is 5.75 Å². The van der Waals surface area contributed by atoms with Crippen molar-refractivity contribution in [2.75, 3.05) is 11.5 Å². The number of aliphatic hydroxyl groups excluding tert-OH is 1. The fourth-order valence-corrected chi connectivity index (χ4v) is 3.95. The number of amides is 1. The van der Waals surface area contributed by atoms with Crippen molar-refractivity contribution in [3.63, 3.8) is 0 Å². The summed E-state index contributed by atoms with van der Waals surface area (Å²) in [6.45, 7) is 4.41. The molecule has 3 aromatic rings. The largest absolute Gasteiger partial charge is 0.507 e. The van der Waals surface area contributed by atoms with E-state index in [1.165, 1.54) is 23.1 Å². The first kappa shape index (κ1) is 22.3. The highest BCUT2D eigenvalue weighted by atomic mass is 19.1. The molecule has 1 saturated heterocycles. The number of anilines is 1. The molecule has 3 aromatic carbocycles. The van der Waals surface area contributed by atoms with Gasteiger partial charge < -0.3 is 9.84 Å². The number of nitrogens with zero attached hydrogens (tertiary/aromatic N) is 1. The third kappa shape index (κ3) is 4.24. The first-order chi connectivity index (χ1) is 15.9. The molecule has 1 atom stereocenters. The lowest BCUT2D eigenvalue weighted by Gasteiger charge is -2.26. The van der Waals surface area contributed by atoms with Gasteiger partial charge in [0.15, 0.2) is 0 Å². The lowest BCUT2D eigenvalue weighted by atomic mass is 9.94. The number of halogens is 1. The minimum absolute atomic E-state index is 0.127. The summed E-state index contributed by atoms with van der Waals surface area (Å²) < 4.78 is 20.5. The minimum Gasteiger partial charge on any atom is -0.507 e. The van der Waals surface area contributed by atoms with Crippen molar-refractivity contribution in [1.29, 1.82) is 0 Å². The second-order valence-electron chi connectivity index (χ2n) is 7.90. The lowest BCUT2D eigenvalue weighted by Crippen LogP contribution is -2.29. The average molecular weight is 445 g/mol. The Labute approximate surface area is 191 Å². The Balaban J connectivity index is 1.87. The van der Waals surface area contributed by atoms with Gasteiger partial charge in [-0.2, -0.15) is 0 Å². The number of ether oxygens (including phenoxy) is 1. The Bertz CT molecular complexity index is 1230. The van der Waals surface area contributed by atoms with Gasteiger partial charge in [0.05, 0.1) is 18.2 Å². The van der Waals surface area contributed by atoms with E-state index in [1.54, 1.807) is 48.5 Å². The highest BCUT2D eigenvalue weighted by Gasteiger charge is 2.47. The molecule has 33 heavy (non-hydrogen) atoms. The van der Waals surface area contributed by atoms with Crippen LogP contribution in [-0.2, 0) is 9.59 Å². The van der Waals surface area contributed by atoms with Crippen LogP contribution in [0.3, 0.4) is 0 Å². The summed E-state index contributed by atoms with van der Waals surface area (Å²) in [5.74, 6) is -2.00. The fourth-order valence-electron chi connectivity index (χ4n) is 3.95. The Hall–Kier alpha value is -3.93. The fraction of sp³-hybridized carbons (Fsp3) is 0.185. The zero-order chi connectivity index (χ0) is 23.5. The van der Waals surface area contributed by atoms with Gasteiger partial charge in [0, 0.05) is 16.8 Å². The number of ketones is 1. The van der Waals surface area contributed by atoms with Gasteiger partial charge in [-0.3, -0.25) is 14.5 Å². The van der Waals surface area contributed by atoms with Crippen LogP contribution in [0.4, 0.5) is 10.1 Å². The molecule has 6 heteroatoms. The van der Waals surface area contributed by atoms with Crippen molar-refractivity contribution in [1.82, 2.24) is 0 Å². The van der Waals surface area contributed by atoms with Gasteiger partial charge in [0.25, 0.3) is 11.7 Å². The molecule has 1 N–H and O–H groups in total. The summed E-state index contributed by atoms with van der Waals surface area (Å²) in [4.78, 5) is 27.5. The van der Waals surface area contributed by atoms with Crippen LogP contribution in [0, 0.1) is 12.7 Å². The summed E-state index contributed by atoms with van der Waals surface area (Å²) >= 11 is 0. The number of benzene rings is 3. The molecule has 0 bridgehead atoms. The topological polar surface area (TPSA) is 66.8 Å². The van der Waals surface area contributed by atoms with Crippen molar-refractivity contribution < 1.29 is 23.8 Å². The van der Waals surface area contributed by atoms with E-state index >= 15 is 0 Å². The van der Waals surface area contributed by atoms with Crippen molar-refractivity contribution in [2.45, 2.75) is 26.3 Å². The average Bonchev–Trinajstić information content (AvgIpc) is 3.08. The maximum Gasteiger partial charge on any atom is 0.300 e. The number of aliphatic hydroxyl groups is 1. The van der Waals surface area contributed by atoms with E-state index in [9.17, 15) is 19.1 Å². The van der Waals surface area contributed by atoms with Crippen LogP contribution in [0.2, 0.25) is 0 Å². The molecule has 0 spiro atoms. The molecule has 168 valence electrons. The Morgan fingerprint density at radius 2 is 1.76 bits per heavy atom. The second kappa shape index (κ2) is 9.28. The number of hydrogen-bond acceptors (Lipinski definition) is 4. The summed E-state index contributed by atoms with van der Waals surface area (Å²) in [5.41, 5.74) is 1.64. The van der Waals surface area contributed by atoms with Gasteiger partial charge >= 0.3 is 0 Å². The van der Waals surface area contributed by atoms with Crippen molar-refractivity contribution in [2.24, 2.45) is 0 Å². The van der Waals surface area contributed by atoms with Crippen LogP contribution >= 0.6 is 0 Å². The van der Waals surface area contributed by atoms with E-state index in [-0.39, 0.29) is 16.9 Å². The molecular weight excluding hydrogens is 421 g/mol. The van der Waals surface area contributed by atoms with Crippen molar-refractivity contribution in [3.05, 3.63) is 101 Å². The van der Waals surface area contributed by atoms with Gasteiger partial charge in [0.2, 0.25) is 0 Å². The quantitative estimate of drug-likeness (QED) is 0.307. The molecule has 1 unspecified atom stereocenters. The minimum atomic E-state index is -1.11. The van der Waals surface area contributed by atoms with E-state index in [4.69, 9.17) is 4.74 Å². The molecule has 1 fully saturated rings. The zero-order valence-electron chi connectivity index (χ0n) is 18.4. The van der Waals surface area contributed by atoms with Crippen LogP contribution < -0.4 is 9.64 Å². The van der Waals surface area contributed by atoms with E-state index in [1.807, 2.05) is 19.9 Å². The number of carbonyl (C=O) groups is 2. The predicted molar refractivity (Wildman–Crippen MR) is 125 cm³/mol. The standard InChI is InChI=1S/C27H24FNO4/c1-3-15-33-20-13-11-18(12-14-20)25(30)23-24(21-9-4-5-10-22(21)28)29(27(32)26(23)31)19-8-6-7-17(2)16-19/h4-14,16,24,30H,3,15H2,1-2H3/b25-23+. The van der Waals surface area contributed by atoms with E-state index < -0.39 is 23.5 Å². The van der Waals surface area contributed by atoms with Crippen molar-refractivity contribution in [3.8, 4) is 5.75 Å². The number of Topliss-reactive ketones (excluding diaryl/α,β-unsaturated/α-hetero) is 1. The Kier molecular flexibility index (Phi) is 6.27. The lowest BCUT2D eigenvalue weighted by molar-refractivity contribution is -0.132. The number of hydrogen-bond donors (Lipinski definition) is 1. The number of carbonyl (C=O) groups excluding carboxylic acids is 2. The zero-order valence-corrected chi connectivity index (χ0v) is 18.4. The normalized spacial score (nSPS) is 17.4. The van der Waals surface area contributed by atoms with Gasteiger partial charge in [-0.25, -0.2) is 4.39 Å². The molecule has 1 aliphatic heterocycles. The maximum absolute atomic E-state index is 14.9. The highest BCUT2D eigenvalue weighted by Crippen LogP contribution is 2.43. The van der Waals surface area contributed by atoms with E-state index in [0.717, 1.165) is 12.0 Å².